The molecule has 1 N–H and O–H groups in total. The Morgan fingerprint density at radius 1 is 1.38 bits per heavy atom. The van der Waals surface area contributed by atoms with Crippen molar-refractivity contribution in [1.29, 1.82) is 0 Å². The maximum absolute atomic E-state index is 5.75. The number of nitrogens with one attached hydrogen (secondary N) is 1. The Hall–Kier alpha value is -0.120. The maximum atomic E-state index is 5.75. The Morgan fingerprint density at radius 3 is 2.94 bits per heavy atom. The third kappa shape index (κ3) is 4.81. The van der Waals surface area contributed by atoms with Crippen LogP contribution >= 0.6 is 0 Å². The van der Waals surface area contributed by atoms with Gasteiger partial charge >= 0.3 is 0 Å². The van der Waals surface area contributed by atoms with Crippen molar-refractivity contribution in [3.05, 3.63) is 0 Å². The third-order valence-electron chi connectivity index (χ3n) is 3.45. The van der Waals surface area contributed by atoms with Gasteiger partial charge in [-0.25, -0.2) is 0 Å². The summed E-state index contributed by atoms with van der Waals surface area (Å²) in [5.74, 6) is 0.979. The van der Waals surface area contributed by atoms with Gasteiger partial charge < -0.3 is 14.8 Å². The number of ether oxygens (including phenoxy) is 2. The molecule has 2 atom stereocenters. The molecule has 0 bridgehead atoms. The van der Waals surface area contributed by atoms with Crippen LogP contribution in [0.15, 0.2) is 0 Å². The summed E-state index contributed by atoms with van der Waals surface area (Å²) in [6.45, 7) is 5.96. The number of hydrogen-bond donors (Lipinski definition) is 1. The molecule has 94 valence electrons. The van der Waals surface area contributed by atoms with Gasteiger partial charge in [0.1, 0.15) is 0 Å². The van der Waals surface area contributed by atoms with Crippen molar-refractivity contribution in [2.75, 3.05) is 26.3 Å². The van der Waals surface area contributed by atoms with E-state index in [9.17, 15) is 0 Å². The smallest absolute Gasteiger partial charge is 0.0700 e. The van der Waals surface area contributed by atoms with Gasteiger partial charge in [0.15, 0.2) is 0 Å². The molecular formula is C13H25NO2. The van der Waals surface area contributed by atoms with Crippen LogP contribution in [0.4, 0.5) is 0 Å². The summed E-state index contributed by atoms with van der Waals surface area (Å²) in [6, 6.07) is 0. The Kier molecular flexibility index (Phi) is 5.07. The molecule has 1 aliphatic heterocycles. The van der Waals surface area contributed by atoms with Gasteiger partial charge in [0.25, 0.3) is 0 Å². The van der Waals surface area contributed by atoms with Gasteiger partial charge in [0.2, 0.25) is 0 Å². The van der Waals surface area contributed by atoms with E-state index in [0.717, 1.165) is 32.2 Å². The first-order valence-corrected chi connectivity index (χ1v) is 6.78. The summed E-state index contributed by atoms with van der Waals surface area (Å²) in [4.78, 5) is 0. The van der Waals surface area contributed by atoms with Gasteiger partial charge in [-0.05, 0) is 32.1 Å². The lowest BCUT2D eigenvalue weighted by molar-refractivity contribution is 0.0563. The average molecular weight is 227 g/mol. The highest BCUT2D eigenvalue weighted by atomic mass is 16.5. The molecule has 1 aliphatic carbocycles. The highest BCUT2D eigenvalue weighted by Gasteiger charge is 2.21. The molecule has 0 aromatic carbocycles. The van der Waals surface area contributed by atoms with E-state index in [1.165, 1.54) is 32.1 Å². The van der Waals surface area contributed by atoms with Crippen molar-refractivity contribution in [1.82, 2.24) is 5.32 Å². The van der Waals surface area contributed by atoms with Crippen molar-refractivity contribution in [3.8, 4) is 0 Å². The Balaban J connectivity index is 1.41. The molecule has 3 heteroatoms. The topological polar surface area (TPSA) is 30.5 Å². The SMILES string of the molecule is CC(CNCC1CCCO1)OCCC1CC1. The van der Waals surface area contributed by atoms with Gasteiger partial charge in [-0.15, -0.1) is 0 Å². The zero-order valence-corrected chi connectivity index (χ0v) is 10.4. The molecule has 0 aromatic heterocycles. The number of rotatable bonds is 8. The fraction of sp³-hybridized carbons (Fsp3) is 1.00. The van der Waals surface area contributed by atoms with Gasteiger partial charge in [-0.2, -0.15) is 0 Å². The average Bonchev–Trinajstić information content (AvgIpc) is 2.94. The molecule has 0 radical (unpaired) electrons. The molecule has 16 heavy (non-hydrogen) atoms. The second kappa shape index (κ2) is 6.58. The van der Waals surface area contributed by atoms with Crippen LogP contribution in [-0.4, -0.2) is 38.5 Å². The van der Waals surface area contributed by atoms with Crippen molar-refractivity contribution in [3.63, 3.8) is 0 Å². The first-order chi connectivity index (χ1) is 7.84. The molecule has 2 rings (SSSR count). The van der Waals surface area contributed by atoms with Crippen molar-refractivity contribution in [2.24, 2.45) is 5.92 Å². The first-order valence-electron chi connectivity index (χ1n) is 6.78. The van der Waals surface area contributed by atoms with Crippen LogP contribution in [0.5, 0.6) is 0 Å². The largest absolute Gasteiger partial charge is 0.377 e. The second-order valence-electron chi connectivity index (χ2n) is 5.21. The van der Waals surface area contributed by atoms with Crippen LogP contribution in [0.25, 0.3) is 0 Å². The molecule has 3 nitrogen and oxygen atoms in total. The van der Waals surface area contributed by atoms with E-state index in [1.54, 1.807) is 0 Å². The highest BCUT2D eigenvalue weighted by molar-refractivity contribution is 4.73. The lowest BCUT2D eigenvalue weighted by Gasteiger charge is -2.16. The molecule has 0 aromatic rings. The number of hydrogen-bond acceptors (Lipinski definition) is 3. The van der Waals surface area contributed by atoms with E-state index < -0.39 is 0 Å². The van der Waals surface area contributed by atoms with Crippen molar-refractivity contribution in [2.45, 2.75) is 51.2 Å². The molecule has 1 heterocycles. The van der Waals surface area contributed by atoms with Crippen LogP contribution < -0.4 is 5.32 Å². The van der Waals surface area contributed by atoms with Gasteiger partial charge in [-0.3, -0.25) is 0 Å². The first kappa shape index (κ1) is 12.3. The zero-order valence-electron chi connectivity index (χ0n) is 10.4. The molecule has 1 saturated heterocycles. The Bertz CT molecular complexity index is 188. The fourth-order valence-electron chi connectivity index (χ4n) is 2.15. The maximum Gasteiger partial charge on any atom is 0.0700 e. The molecule has 2 aliphatic rings. The highest BCUT2D eigenvalue weighted by Crippen LogP contribution is 2.32. The van der Waals surface area contributed by atoms with E-state index >= 15 is 0 Å². The van der Waals surface area contributed by atoms with Crippen molar-refractivity contribution < 1.29 is 9.47 Å². The van der Waals surface area contributed by atoms with E-state index in [4.69, 9.17) is 9.47 Å². The molecule has 2 unspecified atom stereocenters. The summed E-state index contributed by atoms with van der Waals surface area (Å²) in [5.41, 5.74) is 0. The van der Waals surface area contributed by atoms with Crippen LogP contribution in [0.2, 0.25) is 0 Å². The molecule has 0 amide bonds. The zero-order chi connectivity index (χ0) is 11.2. The van der Waals surface area contributed by atoms with Gasteiger partial charge in [0.05, 0.1) is 12.2 Å². The standard InChI is InChI=1S/C13H25NO2/c1-11(15-8-6-12-4-5-12)9-14-10-13-3-2-7-16-13/h11-14H,2-10H2,1H3. The second-order valence-corrected chi connectivity index (χ2v) is 5.21. The predicted octanol–water partition coefficient (Wildman–Crippen LogP) is 1.96. The van der Waals surface area contributed by atoms with Crippen molar-refractivity contribution >= 4 is 0 Å². The fourth-order valence-corrected chi connectivity index (χ4v) is 2.15. The van der Waals surface area contributed by atoms with E-state index in [2.05, 4.69) is 12.2 Å². The van der Waals surface area contributed by atoms with Crippen LogP contribution in [0, 0.1) is 5.92 Å². The minimum atomic E-state index is 0.333. The van der Waals surface area contributed by atoms with E-state index in [-0.39, 0.29) is 0 Å². The Labute approximate surface area is 98.9 Å². The molecule has 2 fully saturated rings. The lowest BCUT2D eigenvalue weighted by Crippen LogP contribution is -2.33. The summed E-state index contributed by atoms with van der Waals surface area (Å²) in [5, 5.41) is 3.43. The van der Waals surface area contributed by atoms with Gasteiger partial charge in [0, 0.05) is 26.3 Å². The summed E-state index contributed by atoms with van der Waals surface area (Å²) in [7, 11) is 0. The van der Waals surface area contributed by atoms with Crippen LogP contribution in [0.1, 0.15) is 39.0 Å². The molecule has 0 spiro atoms. The summed E-state index contributed by atoms with van der Waals surface area (Å²) >= 11 is 0. The monoisotopic (exact) mass is 227 g/mol. The molecular weight excluding hydrogens is 202 g/mol. The lowest BCUT2D eigenvalue weighted by atomic mass is 10.2. The minimum Gasteiger partial charge on any atom is -0.377 e. The summed E-state index contributed by atoms with van der Waals surface area (Å²) in [6.07, 6.45) is 7.32. The van der Waals surface area contributed by atoms with Crippen LogP contribution in [-0.2, 0) is 9.47 Å². The van der Waals surface area contributed by atoms with E-state index in [1.807, 2.05) is 0 Å². The quantitative estimate of drug-likeness (QED) is 0.687. The van der Waals surface area contributed by atoms with Crippen LogP contribution in [0.3, 0.4) is 0 Å². The normalized spacial score (nSPS) is 27.2. The van der Waals surface area contributed by atoms with Gasteiger partial charge in [-0.1, -0.05) is 12.8 Å². The molecule has 1 saturated carbocycles. The summed E-state index contributed by atoms with van der Waals surface area (Å²) < 4.78 is 11.3. The van der Waals surface area contributed by atoms with E-state index in [0.29, 0.717) is 12.2 Å². The third-order valence-corrected chi connectivity index (χ3v) is 3.45. The minimum absolute atomic E-state index is 0.333. The predicted molar refractivity (Wildman–Crippen MR) is 64.6 cm³/mol. The Morgan fingerprint density at radius 2 is 2.25 bits per heavy atom.